The van der Waals surface area contributed by atoms with Crippen molar-refractivity contribution in [2.75, 3.05) is 23.7 Å². The van der Waals surface area contributed by atoms with Gasteiger partial charge in [0.25, 0.3) is 31.2 Å². The molecule has 0 aliphatic carbocycles. The minimum Gasteiger partial charge on any atom is -0.495 e. The molecule has 2 N–H and O–H groups in total. The molecule has 0 bridgehead atoms. The van der Waals surface area contributed by atoms with Gasteiger partial charge in [-0.3, -0.25) is 28.2 Å². The first-order valence-corrected chi connectivity index (χ1v) is 25.3. The number of anilines is 2. The van der Waals surface area contributed by atoms with Crippen LogP contribution in [0, 0.1) is 46.6 Å². The fraction of sp³-hybridized carbons (Fsp3) is 0.200. The van der Waals surface area contributed by atoms with Crippen LogP contribution in [0.15, 0.2) is 142 Å². The van der Waals surface area contributed by atoms with E-state index < -0.39 is 66.0 Å². The van der Waals surface area contributed by atoms with Gasteiger partial charge in [-0.2, -0.15) is 46.1 Å². The van der Waals surface area contributed by atoms with Gasteiger partial charge >= 0.3 is 12.4 Å². The molecular formula is C50H45BrF8N6O10P2S2. The maximum absolute atomic E-state index is 15.0. The van der Waals surface area contributed by atoms with E-state index in [0.29, 0.717) is 16.3 Å². The minimum atomic E-state index is -4.63. The molecule has 4 heterocycles. The molecular weight excluding hydrogens is 1200 g/mol. The van der Waals surface area contributed by atoms with E-state index in [-0.39, 0.29) is 79.7 Å². The summed E-state index contributed by atoms with van der Waals surface area (Å²) in [6, 6.07) is 20.7. The van der Waals surface area contributed by atoms with Gasteiger partial charge in [0.2, 0.25) is 0 Å². The van der Waals surface area contributed by atoms with Crippen LogP contribution in [0.25, 0.3) is 33.2 Å². The van der Waals surface area contributed by atoms with Crippen molar-refractivity contribution < 1.29 is 70.5 Å². The number of hydrogen-bond acceptors (Lipinski definition) is 12. The number of pyridine rings is 2. The lowest BCUT2D eigenvalue weighted by Gasteiger charge is -2.21. The zero-order valence-corrected chi connectivity index (χ0v) is 48.0. The number of fused-ring (bicyclic) bond motifs is 2. The summed E-state index contributed by atoms with van der Waals surface area (Å²) in [5, 5.41) is 7.79. The number of ether oxygens (including phenoxy) is 2. The van der Waals surface area contributed by atoms with Crippen molar-refractivity contribution in [1.29, 1.82) is 0 Å². The number of alkyl halides is 6. The van der Waals surface area contributed by atoms with Gasteiger partial charge in [-0.15, -0.1) is 6.42 Å². The van der Waals surface area contributed by atoms with Gasteiger partial charge < -0.3 is 18.5 Å². The highest BCUT2D eigenvalue weighted by Crippen LogP contribution is 2.38. The molecule has 0 aliphatic heterocycles. The molecule has 8 aromatic rings. The van der Waals surface area contributed by atoms with E-state index in [2.05, 4.69) is 57.1 Å². The molecule has 4 aromatic heterocycles. The molecule has 16 nitrogen and oxygen atoms in total. The second kappa shape index (κ2) is 24.8. The Morgan fingerprint density at radius 3 is 1.39 bits per heavy atom. The average Bonchev–Trinajstić information content (AvgIpc) is 4.09. The molecule has 0 aliphatic rings. The molecule has 2 unspecified atom stereocenters. The van der Waals surface area contributed by atoms with Crippen LogP contribution in [0.3, 0.4) is 0 Å². The van der Waals surface area contributed by atoms with Crippen molar-refractivity contribution in [3.8, 4) is 47.1 Å². The number of methoxy groups -OCH3 is 2. The predicted molar refractivity (Wildman–Crippen MR) is 292 cm³/mol. The lowest BCUT2D eigenvalue weighted by atomic mass is 9.93. The van der Waals surface area contributed by atoms with Gasteiger partial charge in [-0.05, 0) is 98.2 Å². The smallest absolute Gasteiger partial charge is 0.404 e. The third-order valence-corrected chi connectivity index (χ3v) is 14.3. The zero-order valence-electron chi connectivity index (χ0n) is 42.0. The van der Waals surface area contributed by atoms with Crippen LogP contribution in [-0.2, 0) is 20.0 Å². The molecule has 0 saturated heterocycles. The van der Waals surface area contributed by atoms with Crippen LogP contribution in [0.5, 0.6) is 11.5 Å². The third-order valence-electron chi connectivity index (χ3n) is 11.0. The number of aromatic nitrogens is 4. The molecule has 0 spiro atoms. The molecule has 0 amide bonds. The zero-order chi connectivity index (χ0) is 57.1. The van der Waals surface area contributed by atoms with E-state index in [1.807, 2.05) is 5.92 Å². The first kappa shape index (κ1) is 64.2. The van der Waals surface area contributed by atoms with Gasteiger partial charge in [0.1, 0.15) is 46.5 Å². The van der Waals surface area contributed by atoms with E-state index >= 15 is 4.39 Å². The van der Waals surface area contributed by atoms with E-state index in [4.69, 9.17) is 9.47 Å². The number of sulfonamides is 2. The van der Waals surface area contributed by atoms with Gasteiger partial charge in [0.15, 0.2) is 11.6 Å². The van der Waals surface area contributed by atoms with Crippen molar-refractivity contribution in [3.63, 3.8) is 0 Å². The second-order valence-corrected chi connectivity index (χ2v) is 21.2. The van der Waals surface area contributed by atoms with Crippen LogP contribution < -0.4 is 30.0 Å². The van der Waals surface area contributed by atoms with Crippen LogP contribution in [0.4, 0.5) is 46.8 Å². The third kappa shape index (κ3) is 14.5. The van der Waals surface area contributed by atoms with Crippen molar-refractivity contribution in [1.82, 2.24) is 19.4 Å². The molecule has 420 valence electrons. The second-order valence-electron chi connectivity index (χ2n) is 17.0. The van der Waals surface area contributed by atoms with Gasteiger partial charge in [0.05, 0.1) is 56.5 Å². The summed E-state index contributed by atoms with van der Waals surface area (Å²) in [4.78, 5) is 25.3. The summed E-state index contributed by atoms with van der Waals surface area (Å²) in [6.07, 6.45) is -1.87. The lowest BCUT2D eigenvalue weighted by molar-refractivity contribution is -0.190. The van der Waals surface area contributed by atoms with E-state index in [1.165, 1.54) is 110 Å². The standard InChI is InChI=1S/C25H19F4N3O5S.C19H13BrFN3O5S.C6H7F3.2H3P/c1-24(2,25(27,28)29)10-8-15-13-21(36-3)20(14-18(15)26)32-19-6-5-17(12-16(19)4-7-23(32)33)38(34,35)31-22-9-11-37-30-22;1-28-17-9-13(20)14(21)10-16(17)24-15-4-3-12(8-11(15)2-5-19(24)25)30(26,27)23-18-6-7-29-22-18;1-4-5(2,3)6(7,8)9;;/h4-7,9,11-14H,1-3H3,(H,30,31);2-10H,1H3,(H,22,23);1H,2-3H3;2*1H3. The van der Waals surface area contributed by atoms with Gasteiger partial charge in [-0.25, -0.2) is 25.6 Å². The molecule has 0 fully saturated rings. The van der Waals surface area contributed by atoms with Crippen molar-refractivity contribution >= 4 is 89.2 Å². The van der Waals surface area contributed by atoms with Crippen LogP contribution >= 0.6 is 35.7 Å². The SMILES string of the molecule is C#CC(C)(C)C(F)(F)F.COc1cc(Br)c(F)cc1-n1c(=O)ccc2cc(S(=O)(=O)Nc3ccon3)ccc21.COc1cc(C#CC(C)(C)C(F)(F)F)c(F)cc1-n1c(=O)ccc2cc(S(=O)(=O)Nc3ccon3)ccc21.P.P. The van der Waals surface area contributed by atoms with Crippen LogP contribution in [-0.4, -0.2) is 62.9 Å². The van der Waals surface area contributed by atoms with E-state index in [1.54, 1.807) is 5.92 Å². The Kier molecular flexibility index (Phi) is 20.2. The number of rotatable bonds is 10. The highest BCUT2D eigenvalue weighted by Gasteiger charge is 2.47. The fourth-order valence-corrected chi connectivity index (χ4v) is 8.79. The topological polar surface area (TPSA) is 207 Å². The van der Waals surface area contributed by atoms with Crippen LogP contribution in [0.2, 0.25) is 0 Å². The largest absolute Gasteiger partial charge is 0.495 e. The molecule has 0 radical (unpaired) electrons. The summed E-state index contributed by atoms with van der Waals surface area (Å²) in [5.41, 5.74) is -5.05. The van der Waals surface area contributed by atoms with Crippen molar-refractivity contribution in [2.24, 2.45) is 10.8 Å². The first-order valence-electron chi connectivity index (χ1n) is 21.6. The Hall–Kier alpha value is -7.28. The summed E-state index contributed by atoms with van der Waals surface area (Å²) in [5.74, 6) is 4.57. The number of hydrogen-bond donors (Lipinski definition) is 2. The summed E-state index contributed by atoms with van der Waals surface area (Å²) in [6.45, 7) is 3.67. The Morgan fingerprint density at radius 2 is 1.03 bits per heavy atom. The van der Waals surface area contributed by atoms with Crippen LogP contribution in [0.1, 0.15) is 33.3 Å². The number of nitrogens with one attached hydrogen (secondary N) is 2. The first-order chi connectivity index (χ1) is 35.8. The highest BCUT2D eigenvalue weighted by molar-refractivity contribution is 9.10. The maximum atomic E-state index is 15.0. The molecule has 0 saturated carbocycles. The Bertz CT molecular complexity index is 3990. The maximum Gasteiger partial charge on any atom is 0.404 e. The number of nitrogens with zero attached hydrogens (tertiary/aromatic N) is 4. The van der Waals surface area contributed by atoms with E-state index in [0.717, 1.165) is 50.5 Å². The molecule has 4 aromatic carbocycles. The molecule has 8 rings (SSSR count). The summed E-state index contributed by atoms with van der Waals surface area (Å²) >= 11 is 3.09. The number of halogens is 9. The number of terminal acetylenes is 1. The average molecular weight is 1250 g/mol. The lowest BCUT2D eigenvalue weighted by Crippen LogP contribution is -2.30. The number of benzene rings is 4. The fourth-order valence-electron chi connectivity index (χ4n) is 6.41. The minimum absolute atomic E-state index is 0. The Morgan fingerprint density at radius 1 is 0.608 bits per heavy atom. The molecule has 2 atom stereocenters. The Labute approximate surface area is 460 Å². The molecule has 79 heavy (non-hydrogen) atoms. The highest BCUT2D eigenvalue weighted by atomic mass is 79.9. The molecule has 29 heteroatoms. The van der Waals surface area contributed by atoms with Crippen molar-refractivity contribution in [2.45, 2.75) is 49.8 Å². The van der Waals surface area contributed by atoms with Gasteiger partial charge in [0, 0.05) is 53.2 Å². The normalized spacial score (nSPS) is 11.7. The summed E-state index contributed by atoms with van der Waals surface area (Å²) in [7, 11) is -5.35. The summed E-state index contributed by atoms with van der Waals surface area (Å²) < 4.78 is 181. The van der Waals surface area contributed by atoms with Crippen molar-refractivity contribution in [3.05, 3.63) is 152 Å². The quantitative estimate of drug-likeness (QED) is 0.0745. The van der Waals surface area contributed by atoms with Gasteiger partial charge in [-0.1, -0.05) is 28.1 Å². The predicted octanol–water partition coefficient (Wildman–Crippen LogP) is 10.9. The monoisotopic (exact) mass is 1250 g/mol. The Balaban J connectivity index is 0.000000293. The van der Waals surface area contributed by atoms with E-state index in [9.17, 15) is 57.2 Å².